The number of hydrogen-bond donors (Lipinski definition) is 0. The predicted octanol–water partition coefficient (Wildman–Crippen LogP) is 28.6. The van der Waals surface area contributed by atoms with Gasteiger partial charge in [0, 0.05) is 10.4 Å². The third kappa shape index (κ3) is 17.2. The lowest BCUT2D eigenvalue weighted by atomic mass is 9.72. The zero-order valence-electron chi connectivity index (χ0n) is 80.5. The van der Waals surface area contributed by atoms with Gasteiger partial charge in [0.2, 0.25) is 0 Å². The van der Waals surface area contributed by atoms with Crippen molar-refractivity contribution in [3.63, 3.8) is 0 Å². The molecule has 0 saturated heterocycles. The van der Waals surface area contributed by atoms with E-state index >= 15 is 0 Å². The van der Waals surface area contributed by atoms with Gasteiger partial charge >= 0.3 is 11.7 Å². The van der Waals surface area contributed by atoms with Crippen LogP contribution in [-0.4, -0.2) is 133 Å². The van der Waals surface area contributed by atoms with Crippen LogP contribution in [0.25, 0.3) is 152 Å². The fraction of sp³-hybridized carbons (Fsp3) is 0.424. The number of ether oxygens (including phenoxy) is 8. The fourth-order valence-corrected chi connectivity index (χ4v) is 21.9. The molecule has 0 fully saturated rings. The summed E-state index contributed by atoms with van der Waals surface area (Å²) < 4.78 is 50.1. The van der Waals surface area contributed by atoms with Gasteiger partial charge in [-0.1, -0.05) is 249 Å². The Hall–Kier alpha value is -10.8. The lowest BCUT2D eigenvalue weighted by Gasteiger charge is -2.32. The van der Waals surface area contributed by atoms with E-state index < -0.39 is 22.2 Å². The number of nitrogens with zero attached hydrogens (tertiary/aromatic N) is 4. The van der Waals surface area contributed by atoms with Gasteiger partial charge in [0.15, 0.2) is 11.1 Å². The largest absolute Gasteiger partial charge is 0.714 e. The SMILES string of the molecule is CCCCCCCCCCCCc1cc2c3cccc4c5cc(-c6ccc(OCCOCCOCCOCc7ccc(C8=[N+]([O-])C(C)(C)C(C)(C)N8[O])cc7)cc6)cc6c7cc(-c8ccc(OCCOCCOCCOCc9ccc(C%10=[N+]([O-])C(C)(C)C(C)(C)N%10[O])cc9)cc8)cc8c9cccc%10c%11cc(CCCCCCCCCCCC)cc%12c(c1)c2c1c(c34)c(c56)c(c87)c(c%109)c1c%11%12. The second kappa shape index (κ2) is 39.5. The van der Waals surface area contributed by atoms with Gasteiger partial charge in [-0.3, -0.25) is 9.48 Å². The number of unbranched alkanes of at least 4 members (excludes halogenated alkanes) is 18. The molecule has 2 aliphatic rings. The van der Waals surface area contributed by atoms with E-state index in [9.17, 15) is 20.8 Å². The van der Waals surface area contributed by atoms with E-state index in [-0.39, 0.29) is 11.7 Å². The highest BCUT2D eigenvalue weighted by molar-refractivity contribution is 6.61. The molecule has 0 aliphatic carbocycles. The molecule has 0 unspecified atom stereocenters. The van der Waals surface area contributed by atoms with Gasteiger partial charge in [0.05, 0.1) is 90.4 Å². The van der Waals surface area contributed by atoms with E-state index in [2.05, 4.69) is 147 Å². The molecule has 0 amide bonds. The first-order chi connectivity index (χ1) is 65.2. The summed E-state index contributed by atoms with van der Waals surface area (Å²) in [6.45, 7) is 24.7. The number of aryl methyl sites for hydroxylation is 2. The molecule has 19 rings (SSSR count). The molecule has 0 N–H and O–H groups in total. The van der Waals surface area contributed by atoms with Crippen LogP contribution in [0.2, 0.25) is 0 Å². The van der Waals surface area contributed by atoms with Crippen molar-refractivity contribution in [2.75, 3.05) is 79.3 Å². The van der Waals surface area contributed by atoms with E-state index in [1.807, 2.05) is 48.5 Å². The van der Waals surface area contributed by atoms with Crippen LogP contribution in [0, 0.1) is 10.4 Å². The summed E-state index contributed by atoms with van der Waals surface area (Å²) in [6.07, 6.45) is 28.4. The Labute approximate surface area is 788 Å². The number of fused-ring (bicyclic) bond motifs is 6. The topological polar surface area (TPSA) is 172 Å². The maximum atomic E-state index is 13.2. The minimum atomic E-state index is -0.878. The normalized spacial score (nSPS) is 15.3. The molecule has 134 heavy (non-hydrogen) atoms. The Morgan fingerprint density at radius 3 is 0.791 bits per heavy atom. The predicted molar refractivity (Wildman–Crippen MR) is 549 cm³/mol. The first-order valence-electron chi connectivity index (χ1n) is 50.2. The minimum absolute atomic E-state index is 0.127. The van der Waals surface area contributed by atoms with Gasteiger partial charge in [0.1, 0.15) is 35.8 Å². The standard InChI is InChI=1S/C118H132N4O12/c1-11-13-15-17-19-21-23-25-27-29-33-79-67-93-89-35-31-37-91-97-71-85(81-47-51-87(52-48-81)133-65-63-129-57-55-127-59-61-131-75-77-39-43-83(44-40-77)113-119(123)115(3,4)116(5,6)120(113)124)73-99-100-74-86(82-49-53-88(54-50-82)134-66-64-130-58-56-128-60-62-132-76-78-41-45-84(46-42-78)114-121(125)117(7,8)118(9,10)122(114)126)72-98-92-38-32-36-90-94-68-80(34-30-28-26-24-22-20-18-16-14-12-2)70-96-95(69-79)103(93)109-107(101(89)91)111(105(97)99)112(106(98)100)108(102(90)92)110(109)104(94)96/h31-32,35-54,67-74H,11-30,33-34,55-66,75-76H2,1-10H3. The number of hydroxylamine groups is 6. The number of amidine groups is 2. The van der Waals surface area contributed by atoms with Gasteiger partial charge < -0.3 is 48.3 Å². The lowest BCUT2D eigenvalue weighted by Crippen LogP contribution is -2.53. The van der Waals surface area contributed by atoms with E-state index in [1.54, 1.807) is 55.4 Å². The molecular weight excluding hydrogens is 1670 g/mol. The maximum Gasteiger partial charge on any atom is 0.316 e. The van der Waals surface area contributed by atoms with Gasteiger partial charge in [-0.15, -0.1) is 0 Å². The van der Waals surface area contributed by atoms with E-state index in [4.69, 9.17) is 37.9 Å². The first-order valence-corrected chi connectivity index (χ1v) is 50.2. The molecule has 17 aromatic carbocycles. The summed E-state index contributed by atoms with van der Waals surface area (Å²) in [5, 5.41) is 87.1. The lowest BCUT2D eigenvalue weighted by molar-refractivity contribution is -0.539. The third-order valence-corrected chi connectivity index (χ3v) is 30.8. The minimum Gasteiger partial charge on any atom is -0.714 e. The van der Waals surface area contributed by atoms with Gasteiger partial charge in [-0.05, 0) is 328 Å². The Morgan fingerprint density at radius 1 is 0.254 bits per heavy atom. The molecule has 16 heteroatoms. The molecule has 2 aliphatic heterocycles. The Kier molecular flexibility index (Phi) is 27.2. The maximum absolute atomic E-state index is 13.2. The highest BCUT2D eigenvalue weighted by Gasteiger charge is 2.61. The molecule has 696 valence electrons. The van der Waals surface area contributed by atoms with Crippen LogP contribution < -0.4 is 9.47 Å². The molecule has 0 aromatic heterocycles. The van der Waals surface area contributed by atoms with Crippen molar-refractivity contribution in [2.45, 2.75) is 246 Å². The quantitative estimate of drug-likeness (QED) is 0.0116. The Balaban J connectivity index is 0.602. The van der Waals surface area contributed by atoms with E-state index in [0.29, 0.717) is 104 Å². The van der Waals surface area contributed by atoms with Crippen molar-refractivity contribution in [1.82, 2.24) is 10.1 Å². The number of hydrogen-bond acceptors (Lipinski definition) is 12. The van der Waals surface area contributed by atoms with Crippen LogP contribution >= 0.6 is 0 Å². The van der Waals surface area contributed by atoms with Crippen molar-refractivity contribution in [3.8, 4) is 33.8 Å². The van der Waals surface area contributed by atoms with Crippen LogP contribution in [0.4, 0.5) is 0 Å². The molecular formula is C118H132N4O12. The van der Waals surface area contributed by atoms with Crippen LogP contribution in [-0.2, 0) is 64.9 Å². The van der Waals surface area contributed by atoms with Crippen LogP contribution in [0.3, 0.4) is 0 Å². The fourth-order valence-electron chi connectivity index (χ4n) is 21.9. The summed E-state index contributed by atoms with van der Waals surface area (Å²) in [4.78, 5) is 0. The molecule has 16 nitrogen and oxygen atoms in total. The smallest absolute Gasteiger partial charge is 0.316 e. The van der Waals surface area contributed by atoms with Crippen LogP contribution in [0.5, 0.6) is 11.5 Å². The van der Waals surface area contributed by atoms with Crippen molar-refractivity contribution in [1.29, 1.82) is 0 Å². The Bertz CT molecular complexity index is 6560. The summed E-state index contributed by atoms with van der Waals surface area (Å²) in [5.41, 5.74) is 6.95. The number of rotatable bonds is 50. The summed E-state index contributed by atoms with van der Waals surface area (Å²) in [7, 11) is 0. The highest BCUT2D eigenvalue weighted by Crippen LogP contribution is 2.62. The number of benzene rings is 17. The van der Waals surface area contributed by atoms with Crippen molar-refractivity contribution in [2.24, 2.45) is 0 Å². The Morgan fingerprint density at radius 2 is 0.500 bits per heavy atom. The van der Waals surface area contributed by atoms with E-state index in [0.717, 1.165) is 77.3 Å². The molecule has 0 spiro atoms. The van der Waals surface area contributed by atoms with Crippen molar-refractivity contribution < 1.29 is 57.8 Å². The monoisotopic (exact) mass is 1800 g/mol. The first kappa shape index (κ1) is 92.3. The summed E-state index contributed by atoms with van der Waals surface area (Å²) in [6, 6.07) is 67.2. The molecule has 17 aromatic rings. The van der Waals surface area contributed by atoms with Crippen LogP contribution in [0.1, 0.15) is 231 Å². The molecule has 0 bridgehead atoms. The van der Waals surface area contributed by atoms with Crippen LogP contribution in [0.15, 0.2) is 182 Å². The summed E-state index contributed by atoms with van der Waals surface area (Å²) in [5.74, 6) is 1.80. The highest BCUT2D eigenvalue weighted by atomic mass is 16.6. The molecule has 0 saturated carbocycles. The van der Waals surface area contributed by atoms with Gasteiger partial charge in [-0.2, -0.15) is 0 Å². The zero-order valence-corrected chi connectivity index (χ0v) is 80.5. The second-order valence-corrected chi connectivity index (χ2v) is 40.3. The van der Waals surface area contributed by atoms with Crippen molar-refractivity contribution >= 4 is 141 Å². The molecule has 2 radical (unpaired) electrons. The average molecular weight is 1800 g/mol. The van der Waals surface area contributed by atoms with Crippen molar-refractivity contribution in [3.05, 3.63) is 226 Å². The van der Waals surface area contributed by atoms with Gasteiger partial charge in [0.25, 0.3) is 0 Å². The molecule has 2 heterocycles. The summed E-state index contributed by atoms with van der Waals surface area (Å²) >= 11 is 0. The average Bonchev–Trinajstić information content (AvgIpc) is 0.830. The van der Waals surface area contributed by atoms with E-state index in [1.165, 1.54) is 269 Å². The zero-order chi connectivity index (χ0) is 92.6. The second-order valence-electron chi connectivity index (χ2n) is 40.3. The van der Waals surface area contributed by atoms with Gasteiger partial charge in [-0.25, -0.2) is 0 Å². The third-order valence-electron chi connectivity index (χ3n) is 30.8. The molecule has 0 atom stereocenters.